The van der Waals surface area contributed by atoms with Crippen LogP contribution in [0, 0.1) is 0 Å². The number of imide groups is 1. The number of piperidine rings is 1. The zero-order valence-electron chi connectivity index (χ0n) is 18.5. The molecule has 2 heterocycles. The van der Waals surface area contributed by atoms with Gasteiger partial charge in [-0.15, -0.1) is 0 Å². The minimum atomic E-state index is -0.467. The van der Waals surface area contributed by atoms with Crippen molar-refractivity contribution in [3.63, 3.8) is 0 Å². The number of nitrogens with one attached hydrogen (secondary N) is 2. The summed E-state index contributed by atoms with van der Waals surface area (Å²) in [5, 5.41) is 9.68. The number of nitrogens with zero attached hydrogens (tertiary/aromatic N) is 4. The number of hydrogen-bond acceptors (Lipinski definition) is 5. The molecule has 2 aromatic rings. The van der Waals surface area contributed by atoms with Crippen molar-refractivity contribution in [1.29, 1.82) is 0 Å². The van der Waals surface area contributed by atoms with Crippen molar-refractivity contribution in [2.24, 2.45) is 0 Å². The Kier molecular flexibility index (Phi) is 7.62. The Labute approximate surface area is 182 Å². The van der Waals surface area contributed by atoms with E-state index in [1.807, 2.05) is 56.0 Å². The van der Waals surface area contributed by atoms with Crippen LogP contribution in [0.1, 0.15) is 50.9 Å². The van der Waals surface area contributed by atoms with Gasteiger partial charge in [0.25, 0.3) is 0 Å². The van der Waals surface area contributed by atoms with Crippen molar-refractivity contribution in [3.05, 3.63) is 52.2 Å². The highest BCUT2D eigenvalue weighted by Crippen LogP contribution is 2.26. The van der Waals surface area contributed by atoms with E-state index in [2.05, 4.69) is 15.7 Å². The third-order valence-electron chi connectivity index (χ3n) is 5.44. The SMILES string of the molecule is CCn1c(C2CCN(CC(=O)NC(=O)NC(C)C)CC2)nn(Cc2ccccc2)c1=O. The van der Waals surface area contributed by atoms with E-state index in [0.717, 1.165) is 24.2 Å². The van der Waals surface area contributed by atoms with Crippen molar-refractivity contribution < 1.29 is 9.59 Å². The summed E-state index contributed by atoms with van der Waals surface area (Å²) in [7, 11) is 0. The molecule has 0 aliphatic carbocycles. The van der Waals surface area contributed by atoms with E-state index in [1.165, 1.54) is 0 Å². The summed E-state index contributed by atoms with van der Waals surface area (Å²) in [5.41, 5.74) is 0.957. The Morgan fingerprint density at radius 1 is 1.16 bits per heavy atom. The van der Waals surface area contributed by atoms with Gasteiger partial charge < -0.3 is 5.32 Å². The number of carbonyl (C=O) groups excluding carboxylic acids is 2. The van der Waals surface area contributed by atoms with Crippen LogP contribution in [-0.4, -0.2) is 56.9 Å². The lowest BCUT2D eigenvalue weighted by molar-refractivity contribution is -0.121. The minimum Gasteiger partial charge on any atom is -0.336 e. The predicted molar refractivity (Wildman–Crippen MR) is 118 cm³/mol. The van der Waals surface area contributed by atoms with Crippen molar-refractivity contribution in [3.8, 4) is 0 Å². The van der Waals surface area contributed by atoms with Gasteiger partial charge in [0.05, 0.1) is 13.1 Å². The molecule has 0 spiro atoms. The maximum absolute atomic E-state index is 12.8. The second-order valence-electron chi connectivity index (χ2n) is 8.26. The molecule has 0 saturated carbocycles. The van der Waals surface area contributed by atoms with E-state index >= 15 is 0 Å². The maximum Gasteiger partial charge on any atom is 0.346 e. The van der Waals surface area contributed by atoms with Gasteiger partial charge in [-0.05, 0) is 52.3 Å². The van der Waals surface area contributed by atoms with Crippen molar-refractivity contribution in [2.75, 3.05) is 19.6 Å². The van der Waals surface area contributed by atoms with Gasteiger partial charge in [-0.25, -0.2) is 14.3 Å². The lowest BCUT2D eigenvalue weighted by atomic mass is 9.96. The zero-order chi connectivity index (χ0) is 22.4. The topological polar surface area (TPSA) is 101 Å². The van der Waals surface area contributed by atoms with Crippen LogP contribution in [0.4, 0.5) is 4.79 Å². The fourth-order valence-corrected chi connectivity index (χ4v) is 3.93. The third-order valence-corrected chi connectivity index (χ3v) is 5.44. The largest absolute Gasteiger partial charge is 0.346 e. The second-order valence-corrected chi connectivity index (χ2v) is 8.26. The fraction of sp³-hybridized carbons (Fsp3) is 0.545. The van der Waals surface area contributed by atoms with Gasteiger partial charge in [0, 0.05) is 18.5 Å². The molecule has 0 radical (unpaired) electrons. The molecule has 1 fully saturated rings. The molecule has 3 amide bonds. The predicted octanol–water partition coefficient (Wildman–Crippen LogP) is 1.53. The van der Waals surface area contributed by atoms with Crippen molar-refractivity contribution in [1.82, 2.24) is 29.9 Å². The maximum atomic E-state index is 12.8. The quantitative estimate of drug-likeness (QED) is 0.696. The van der Waals surface area contributed by atoms with Gasteiger partial charge in [0.2, 0.25) is 5.91 Å². The van der Waals surface area contributed by atoms with E-state index in [9.17, 15) is 14.4 Å². The first-order valence-corrected chi connectivity index (χ1v) is 10.9. The first-order chi connectivity index (χ1) is 14.9. The number of carbonyl (C=O) groups is 2. The molecule has 0 atom stereocenters. The molecule has 1 aromatic heterocycles. The Morgan fingerprint density at radius 3 is 2.45 bits per heavy atom. The molecule has 3 rings (SSSR count). The molecule has 31 heavy (non-hydrogen) atoms. The second kappa shape index (κ2) is 10.4. The van der Waals surface area contributed by atoms with Crippen LogP contribution in [0.3, 0.4) is 0 Å². The van der Waals surface area contributed by atoms with E-state index in [4.69, 9.17) is 0 Å². The molecule has 2 N–H and O–H groups in total. The van der Waals surface area contributed by atoms with Crippen LogP contribution in [0.5, 0.6) is 0 Å². The molecule has 1 saturated heterocycles. The average molecular weight is 429 g/mol. The van der Waals surface area contributed by atoms with Crippen LogP contribution in [0.25, 0.3) is 0 Å². The van der Waals surface area contributed by atoms with Crippen molar-refractivity contribution in [2.45, 2.75) is 58.7 Å². The van der Waals surface area contributed by atoms with Crippen LogP contribution >= 0.6 is 0 Å². The number of rotatable bonds is 7. The number of benzene rings is 1. The van der Waals surface area contributed by atoms with Crippen LogP contribution in [0.15, 0.2) is 35.1 Å². The Balaban J connectivity index is 1.59. The highest BCUT2D eigenvalue weighted by molar-refractivity contribution is 5.95. The van der Waals surface area contributed by atoms with Crippen LogP contribution in [0.2, 0.25) is 0 Å². The first kappa shape index (κ1) is 22.7. The summed E-state index contributed by atoms with van der Waals surface area (Å²) in [6.07, 6.45) is 1.63. The van der Waals surface area contributed by atoms with Crippen LogP contribution < -0.4 is 16.3 Å². The van der Waals surface area contributed by atoms with Gasteiger partial charge in [0.1, 0.15) is 5.82 Å². The summed E-state index contributed by atoms with van der Waals surface area (Å²) in [6, 6.07) is 9.34. The number of amides is 3. The Morgan fingerprint density at radius 2 is 1.84 bits per heavy atom. The molecule has 1 aliphatic rings. The molecule has 1 aliphatic heterocycles. The molecular weight excluding hydrogens is 396 g/mol. The molecule has 0 unspecified atom stereocenters. The van der Waals surface area contributed by atoms with E-state index in [0.29, 0.717) is 26.2 Å². The number of urea groups is 1. The smallest absolute Gasteiger partial charge is 0.336 e. The van der Waals surface area contributed by atoms with E-state index in [-0.39, 0.29) is 30.1 Å². The third kappa shape index (κ3) is 6.04. The number of likely N-dealkylation sites (tertiary alicyclic amines) is 1. The van der Waals surface area contributed by atoms with Crippen molar-refractivity contribution >= 4 is 11.9 Å². The Bertz CT molecular complexity index is 942. The molecule has 9 heteroatoms. The summed E-state index contributed by atoms with van der Waals surface area (Å²) in [4.78, 5) is 38.6. The normalized spacial score (nSPS) is 15.2. The summed E-state index contributed by atoms with van der Waals surface area (Å²) < 4.78 is 3.30. The van der Waals surface area contributed by atoms with Gasteiger partial charge in [-0.1, -0.05) is 30.3 Å². The molecule has 168 valence electrons. The number of hydrogen-bond donors (Lipinski definition) is 2. The highest BCUT2D eigenvalue weighted by atomic mass is 16.2. The minimum absolute atomic E-state index is 0.0265. The molecule has 1 aromatic carbocycles. The average Bonchev–Trinajstić information content (AvgIpc) is 3.03. The lowest BCUT2D eigenvalue weighted by Gasteiger charge is -2.30. The monoisotopic (exact) mass is 428 g/mol. The van der Waals surface area contributed by atoms with Gasteiger partial charge >= 0.3 is 11.7 Å². The number of aromatic nitrogens is 3. The summed E-state index contributed by atoms with van der Waals surface area (Å²) >= 11 is 0. The van der Waals surface area contributed by atoms with Crippen LogP contribution in [-0.2, 0) is 17.9 Å². The zero-order valence-corrected chi connectivity index (χ0v) is 18.5. The van der Waals surface area contributed by atoms with E-state index < -0.39 is 6.03 Å². The summed E-state index contributed by atoms with van der Waals surface area (Å²) in [6.45, 7) is 8.29. The highest BCUT2D eigenvalue weighted by Gasteiger charge is 2.27. The van der Waals surface area contributed by atoms with Gasteiger partial charge in [-0.2, -0.15) is 5.10 Å². The van der Waals surface area contributed by atoms with Gasteiger partial charge in [0.15, 0.2) is 0 Å². The van der Waals surface area contributed by atoms with E-state index in [1.54, 1.807) is 9.25 Å². The summed E-state index contributed by atoms with van der Waals surface area (Å²) in [5.74, 6) is 0.686. The molecular formula is C22H32N6O3. The molecule has 9 nitrogen and oxygen atoms in total. The lowest BCUT2D eigenvalue weighted by Crippen LogP contribution is -2.47. The first-order valence-electron chi connectivity index (χ1n) is 10.9. The molecule has 0 bridgehead atoms. The Hall–Kier alpha value is -2.94. The van der Waals surface area contributed by atoms with Gasteiger partial charge in [-0.3, -0.25) is 19.6 Å². The standard InChI is InChI=1S/C22H32N6O3/c1-4-27-20(25-28(22(27)31)14-17-8-6-5-7-9-17)18-10-12-26(13-11-18)15-19(29)24-21(30)23-16(2)3/h5-9,16,18H,4,10-15H2,1-3H3,(H2,23,24,29,30). The fourth-order valence-electron chi connectivity index (χ4n) is 3.93.